The Bertz CT molecular complexity index is 576. The van der Waals surface area contributed by atoms with Crippen LogP contribution in [0.4, 0.5) is 0 Å². The number of rotatable bonds is 2. The van der Waals surface area contributed by atoms with Gasteiger partial charge in [-0.3, -0.25) is 14.2 Å². The van der Waals surface area contributed by atoms with Crippen LogP contribution < -0.4 is 5.56 Å². The van der Waals surface area contributed by atoms with Gasteiger partial charge in [0.15, 0.2) is 0 Å². The van der Waals surface area contributed by atoms with Crippen molar-refractivity contribution in [2.75, 3.05) is 0 Å². The SMILES string of the molecule is O=C(O)Cn1c(=O)ccc2ncncc21. The van der Waals surface area contributed by atoms with Crippen molar-refractivity contribution in [1.82, 2.24) is 14.5 Å². The summed E-state index contributed by atoms with van der Waals surface area (Å²) in [6.07, 6.45) is 2.77. The molecule has 76 valence electrons. The molecule has 0 aliphatic carbocycles. The predicted octanol–water partition coefficient (Wildman–Crippen LogP) is -0.124. The quantitative estimate of drug-likeness (QED) is 0.738. The summed E-state index contributed by atoms with van der Waals surface area (Å²) in [4.78, 5) is 29.7. The van der Waals surface area contributed by atoms with Gasteiger partial charge in [-0.05, 0) is 6.07 Å². The molecule has 0 radical (unpaired) electrons. The van der Waals surface area contributed by atoms with E-state index in [0.29, 0.717) is 11.0 Å². The summed E-state index contributed by atoms with van der Waals surface area (Å²) in [5.74, 6) is -1.08. The Morgan fingerprint density at radius 2 is 2.27 bits per heavy atom. The van der Waals surface area contributed by atoms with Crippen molar-refractivity contribution >= 4 is 17.0 Å². The second-order valence-corrected chi connectivity index (χ2v) is 2.94. The molecule has 15 heavy (non-hydrogen) atoms. The number of carboxylic acid groups (broad SMARTS) is 1. The first-order valence-electron chi connectivity index (χ1n) is 4.20. The van der Waals surface area contributed by atoms with Crippen LogP contribution in [0.1, 0.15) is 0 Å². The summed E-state index contributed by atoms with van der Waals surface area (Å²) in [7, 11) is 0. The van der Waals surface area contributed by atoms with Gasteiger partial charge in [0.1, 0.15) is 12.9 Å². The van der Waals surface area contributed by atoms with Crippen LogP contribution in [-0.2, 0) is 11.3 Å². The molecule has 0 aliphatic heterocycles. The van der Waals surface area contributed by atoms with Crippen molar-refractivity contribution in [3.05, 3.63) is 35.0 Å². The zero-order valence-electron chi connectivity index (χ0n) is 7.62. The zero-order chi connectivity index (χ0) is 10.8. The maximum atomic E-state index is 11.4. The smallest absolute Gasteiger partial charge is 0.323 e. The fraction of sp³-hybridized carbons (Fsp3) is 0.111. The summed E-state index contributed by atoms with van der Waals surface area (Å²) in [6.45, 7) is -0.385. The number of carbonyl (C=O) groups is 1. The lowest BCUT2D eigenvalue weighted by molar-refractivity contribution is -0.137. The average molecular weight is 205 g/mol. The second-order valence-electron chi connectivity index (χ2n) is 2.94. The van der Waals surface area contributed by atoms with Crippen molar-refractivity contribution in [3.8, 4) is 0 Å². The molecule has 0 fully saturated rings. The topological polar surface area (TPSA) is 85.1 Å². The van der Waals surface area contributed by atoms with Crippen LogP contribution in [0.2, 0.25) is 0 Å². The molecule has 0 atom stereocenters. The number of carboxylic acids is 1. The van der Waals surface area contributed by atoms with Gasteiger partial charge in [-0.1, -0.05) is 0 Å². The number of hydrogen-bond acceptors (Lipinski definition) is 4. The number of pyridine rings is 1. The van der Waals surface area contributed by atoms with Gasteiger partial charge >= 0.3 is 5.97 Å². The van der Waals surface area contributed by atoms with E-state index in [9.17, 15) is 9.59 Å². The lowest BCUT2D eigenvalue weighted by Gasteiger charge is -2.05. The Balaban J connectivity index is 2.74. The number of aromatic nitrogens is 3. The lowest BCUT2D eigenvalue weighted by Crippen LogP contribution is -2.23. The monoisotopic (exact) mass is 205 g/mol. The predicted molar refractivity (Wildman–Crippen MR) is 51.4 cm³/mol. The van der Waals surface area contributed by atoms with Crippen LogP contribution >= 0.6 is 0 Å². The molecule has 2 rings (SSSR count). The van der Waals surface area contributed by atoms with Gasteiger partial charge in [0.25, 0.3) is 5.56 Å². The number of aliphatic carboxylic acids is 1. The third-order valence-corrected chi connectivity index (χ3v) is 1.96. The minimum atomic E-state index is -1.08. The van der Waals surface area contributed by atoms with E-state index in [1.807, 2.05) is 0 Å². The summed E-state index contributed by atoms with van der Waals surface area (Å²) >= 11 is 0. The Morgan fingerprint density at radius 3 is 3.00 bits per heavy atom. The van der Waals surface area contributed by atoms with E-state index in [-0.39, 0.29) is 12.1 Å². The molecule has 0 saturated heterocycles. The molecule has 6 heteroatoms. The Kier molecular flexibility index (Phi) is 2.17. The maximum Gasteiger partial charge on any atom is 0.323 e. The molecule has 6 nitrogen and oxygen atoms in total. The van der Waals surface area contributed by atoms with Crippen molar-refractivity contribution in [2.24, 2.45) is 0 Å². The first kappa shape index (κ1) is 9.32. The molecule has 0 amide bonds. The fourth-order valence-corrected chi connectivity index (χ4v) is 1.33. The van der Waals surface area contributed by atoms with Crippen LogP contribution in [0.15, 0.2) is 29.5 Å². The zero-order valence-corrected chi connectivity index (χ0v) is 7.62. The highest BCUT2D eigenvalue weighted by atomic mass is 16.4. The fourth-order valence-electron chi connectivity index (χ4n) is 1.33. The molecule has 2 aromatic rings. The van der Waals surface area contributed by atoms with Crippen LogP contribution in [0.3, 0.4) is 0 Å². The molecule has 0 aliphatic rings. The van der Waals surface area contributed by atoms with E-state index in [0.717, 1.165) is 4.57 Å². The highest BCUT2D eigenvalue weighted by molar-refractivity contribution is 5.75. The van der Waals surface area contributed by atoms with Crippen LogP contribution in [0.25, 0.3) is 11.0 Å². The number of nitrogens with zero attached hydrogens (tertiary/aromatic N) is 3. The normalized spacial score (nSPS) is 10.4. The van der Waals surface area contributed by atoms with Crippen molar-refractivity contribution in [1.29, 1.82) is 0 Å². The molecular formula is C9H7N3O3. The van der Waals surface area contributed by atoms with Gasteiger partial charge in [-0.15, -0.1) is 0 Å². The Morgan fingerprint density at radius 1 is 1.47 bits per heavy atom. The van der Waals surface area contributed by atoms with E-state index in [4.69, 9.17) is 5.11 Å². The average Bonchev–Trinajstić information content (AvgIpc) is 2.22. The molecule has 1 N–H and O–H groups in total. The molecule has 2 heterocycles. The van der Waals surface area contributed by atoms with Crippen LogP contribution in [0.5, 0.6) is 0 Å². The lowest BCUT2D eigenvalue weighted by atomic mass is 10.3. The van der Waals surface area contributed by atoms with Gasteiger partial charge in [0.05, 0.1) is 17.2 Å². The number of hydrogen-bond donors (Lipinski definition) is 1. The highest BCUT2D eigenvalue weighted by Crippen LogP contribution is 2.05. The summed E-state index contributed by atoms with van der Waals surface area (Å²) in [5, 5.41) is 8.65. The molecule has 2 aromatic heterocycles. The molecule has 0 bridgehead atoms. The third kappa shape index (κ3) is 1.69. The van der Waals surface area contributed by atoms with E-state index >= 15 is 0 Å². The summed E-state index contributed by atoms with van der Waals surface area (Å²) < 4.78 is 1.12. The van der Waals surface area contributed by atoms with Crippen LogP contribution in [0, 0.1) is 0 Å². The van der Waals surface area contributed by atoms with Crippen molar-refractivity contribution < 1.29 is 9.90 Å². The van der Waals surface area contributed by atoms with Crippen LogP contribution in [-0.4, -0.2) is 25.6 Å². The standard InChI is InChI=1S/C9H7N3O3/c13-8-2-1-6-7(3-10-5-11-6)12(8)4-9(14)15/h1-3,5H,4H2,(H,14,15). The van der Waals surface area contributed by atoms with E-state index < -0.39 is 5.97 Å². The highest BCUT2D eigenvalue weighted by Gasteiger charge is 2.06. The third-order valence-electron chi connectivity index (χ3n) is 1.96. The number of fused-ring (bicyclic) bond motifs is 1. The molecule has 0 unspecified atom stereocenters. The van der Waals surface area contributed by atoms with Gasteiger partial charge in [-0.25, -0.2) is 9.97 Å². The maximum absolute atomic E-state index is 11.4. The van der Waals surface area contributed by atoms with Crippen molar-refractivity contribution in [3.63, 3.8) is 0 Å². The first-order valence-corrected chi connectivity index (χ1v) is 4.20. The van der Waals surface area contributed by atoms with Gasteiger partial charge in [-0.2, -0.15) is 0 Å². The van der Waals surface area contributed by atoms with Gasteiger partial charge in [0, 0.05) is 6.07 Å². The molecule has 0 saturated carbocycles. The summed E-state index contributed by atoms with van der Waals surface area (Å²) in [5.41, 5.74) is 0.595. The molecule has 0 spiro atoms. The molecular weight excluding hydrogens is 198 g/mol. The van der Waals surface area contributed by atoms with Gasteiger partial charge < -0.3 is 5.11 Å². The second kappa shape index (κ2) is 3.49. The Hall–Kier alpha value is -2.24. The Labute approximate surface area is 83.8 Å². The first-order chi connectivity index (χ1) is 7.18. The minimum Gasteiger partial charge on any atom is -0.480 e. The van der Waals surface area contributed by atoms with E-state index in [2.05, 4.69) is 9.97 Å². The summed E-state index contributed by atoms with van der Waals surface area (Å²) in [6, 6.07) is 2.83. The van der Waals surface area contributed by atoms with E-state index in [1.165, 1.54) is 24.7 Å². The van der Waals surface area contributed by atoms with Gasteiger partial charge in [0.2, 0.25) is 0 Å². The largest absolute Gasteiger partial charge is 0.480 e. The van der Waals surface area contributed by atoms with E-state index in [1.54, 1.807) is 0 Å². The minimum absolute atomic E-state index is 0.375. The molecule has 0 aromatic carbocycles. The van der Waals surface area contributed by atoms with Crippen molar-refractivity contribution in [2.45, 2.75) is 6.54 Å².